The topological polar surface area (TPSA) is 79.4 Å². The van der Waals surface area contributed by atoms with Gasteiger partial charge in [-0.3, -0.25) is 10.1 Å². The van der Waals surface area contributed by atoms with Gasteiger partial charge in [-0.2, -0.15) is 4.31 Å². The molecule has 3 heterocycles. The number of sulfonamides is 1. The van der Waals surface area contributed by atoms with E-state index in [0.29, 0.717) is 29.7 Å². The maximum atomic E-state index is 12.9. The second-order valence-corrected chi connectivity index (χ2v) is 12.5. The molecule has 1 fully saturated rings. The first-order valence-corrected chi connectivity index (χ1v) is 13.4. The van der Waals surface area contributed by atoms with Crippen LogP contribution in [-0.4, -0.2) is 36.7 Å². The van der Waals surface area contributed by atoms with Crippen LogP contribution in [0.4, 0.5) is 5.13 Å². The van der Waals surface area contributed by atoms with E-state index in [0.717, 1.165) is 27.2 Å². The maximum absolute atomic E-state index is 12.9. The number of carbonyl (C=O) groups excluding carboxylic acids is 1. The van der Waals surface area contributed by atoms with E-state index >= 15 is 0 Å². The van der Waals surface area contributed by atoms with Crippen molar-refractivity contribution in [1.29, 1.82) is 0 Å². The van der Waals surface area contributed by atoms with E-state index in [4.69, 9.17) is 0 Å². The summed E-state index contributed by atoms with van der Waals surface area (Å²) >= 11 is 6.35. The van der Waals surface area contributed by atoms with Crippen LogP contribution in [0.2, 0.25) is 0 Å². The van der Waals surface area contributed by atoms with Crippen LogP contribution in [-0.2, 0) is 10.0 Å². The lowest BCUT2D eigenvalue weighted by molar-refractivity contribution is 0.102. The number of halogens is 1. The van der Waals surface area contributed by atoms with Crippen LogP contribution in [0.5, 0.6) is 0 Å². The van der Waals surface area contributed by atoms with Gasteiger partial charge in [-0.05, 0) is 71.1 Å². The number of thiophene rings is 1. The summed E-state index contributed by atoms with van der Waals surface area (Å²) in [4.78, 5) is 18.2. The number of hydrogen-bond acceptors (Lipinski definition) is 6. The van der Waals surface area contributed by atoms with Crippen molar-refractivity contribution in [3.63, 3.8) is 0 Å². The molecule has 0 unspecified atom stereocenters. The van der Waals surface area contributed by atoms with Gasteiger partial charge in [0.2, 0.25) is 10.0 Å². The molecule has 0 spiro atoms. The summed E-state index contributed by atoms with van der Waals surface area (Å²) in [7, 11) is -3.53. The first-order valence-electron chi connectivity index (χ1n) is 9.46. The number of aromatic nitrogens is 1. The summed E-state index contributed by atoms with van der Waals surface area (Å²) in [6.45, 7) is 3.15. The lowest BCUT2D eigenvalue weighted by atomic mass is 10.0. The standard InChI is InChI=1S/C20H20BrN3O3S3/c1-13-3-2-10-24(11-13)30(26,27)15-6-4-14(5-7-15)19(25)23-20-22-16(12-28-20)17-8-9-18(21)29-17/h4-9,12-13H,2-3,10-11H2,1H3,(H,22,23,25)/t13-/m0/s1. The van der Waals surface area contributed by atoms with Crippen molar-refractivity contribution in [2.24, 2.45) is 5.92 Å². The van der Waals surface area contributed by atoms with Crippen molar-refractivity contribution in [3.8, 4) is 10.6 Å². The predicted octanol–water partition coefficient (Wildman–Crippen LogP) is 5.31. The van der Waals surface area contributed by atoms with Crippen molar-refractivity contribution in [2.75, 3.05) is 18.4 Å². The molecule has 158 valence electrons. The molecule has 0 saturated carbocycles. The lowest BCUT2D eigenvalue weighted by Gasteiger charge is -2.30. The quantitative estimate of drug-likeness (QED) is 0.489. The summed E-state index contributed by atoms with van der Waals surface area (Å²) in [5.41, 5.74) is 1.19. The highest BCUT2D eigenvalue weighted by Crippen LogP contribution is 2.33. The third kappa shape index (κ3) is 4.67. The highest BCUT2D eigenvalue weighted by molar-refractivity contribution is 9.11. The molecular formula is C20H20BrN3O3S3. The molecule has 2 aromatic heterocycles. The van der Waals surface area contributed by atoms with E-state index in [-0.39, 0.29) is 10.8 Å². The van der Waals surface area contributed by atoms with Gasteiger partial charge in [-0.25, -0.2) is 13.4 Å². The summed E-state index contributed by atoms with van der Waals surface area (Å²) < 4.78 is 28.3. The van der Waals surface area contributed by atoms with Crippen molar-refractivity contribution >= 4 is 59.7 Å². The minimum atomic E-state index is -3.53. The SMILES string of the molecule is C[C@H]1CCCN(S(=O)(=O)c2ccc(C(=O)Nc3nc(-c4ccc(Br)s4)cs3)cc2)C1. The van der Waals surface area contributed by atoms with Gasteiger partial charge in [0.05, 0.1) is 19.3 Å². The van der Waals surface area contributed by atoms with E-state index in [2.05, 4.69) is 33.2 Å². The number of anilines is 1. The van der Waals surface area contributed by atoms with E-state index in [1.165, 1.54) is 27.8 Å². The molecule has 1 N–H and O–H groups in total. The Morgan fingerprint density at radius 3 is 2.67 bits per heavy atom. The number of nitrogens with zero attached hydrogens (tertiary/aromatic N) is 2. The summed E-state index contributed by atoms with van der Waals surface area (Å²) in [5.74, 6) is 0.0378. The molecule has 3 aromatic rings. The van der Waals surface area contributed by atoms with Crippen LogP contribution in [0.3, 0.4) is 0 Å². The fourth-order valence-electron chi connectivity index (χ4n) is 3.36. The number of piperidine rings is 1. The monoisotopic (exact) mass is 525 g/mol. The van der Waals surface area contributed by atoms with Gasteiger partial charge >= 0.3 is 0 Å². The molecule has 1 aliphatic heterocycles. The molecule has 1 atom stereocenters. The van der Waals surface area contributed by atoms with Gasteiger partial charge < -0.3 is 0 Å². The second kappa shape index (κ2) is 8.88. The number of rotatable bonds is 5. The zero-order valence-corrected chi connectivity index (χ0v) is 20.2. The molecule has 30 heavy (non-hydrogen) atoms. The molecule has 1 aromatic carbocycles. The first-order chi connectivity index (χ1) is 14.3. The largest absolute Gasteiger partial charge is 0.298 e. The number of amides is 1. The first kappa shape index (κ1) is 21.6. The van der Waals surface area contributed by atoms with E-state index in [1.807, 2.05) is 17.5 Å². The Morgan fingerprint density at radius 2 is 2.00 bits per heavy atom. The lowest BCUT2D eigenvalue weighted by Crippen LogP contribution is -2.39. The summed E-state index contributed by atoms with van der Waals surface area (Å²) in [6.07, 6.45) is 1.92. The van der Waals surface area contributed by atoms with Gasteiger partial charge in [0, 0.05) is 24.0 Å². The molecule has 1 aliphatic rings. The second-order valence-electron chi connectivity index (χ2n) is 7.23. The van der Waals surface area contributed by atoms with E-state index < -0.39 is 10.0 Å². The van der Waals surface area contributed by atoms with Crippen molar-refractivity contribution in [2.45, 2.75) is 24.7 Å². The average Bonchev–Trinajstić information content (AvgIpc) is 3.37. The average molecular weight is 527 g/mol. The van der Waals surface area contributed by atoms with Gasteiger partial charge in [0.1, 0.15) is 0 Å². The molecule has 1 saturated heterocycles. The van der Waals surface area contributed by atoms with Crippen LogP contribution in [0, 0.1) is 5.92 Å². The minimum absolute atomic E-state index is 0.216. The highest BCUT2D eigenvalue weighted by atomic mass is 79.9. The van der Waals surface area contributed by atoms with Crippen molar-refractivity contribution < 1.29 is 13.2 Å². The fourth-order valence-corrected chi connectivity index (χ4v) is 7.08. The summed E-state index contributed by atoms with van der Waals surface area (Å²) in [5, 5.41) is 5.17. The Labute approximate surface area is 192 Å². The van der Waals surface area contributed by atoms with Crippen molar-refractivity contribution in [1.82, 2.24) is 9.29 Å². The van der Waals surface area contributed by atoms with Crippen LogP contribution >= 0.6 is 38.6 Å². The Balaban J connectivity index is 1.45. The van der Waals surface area contributed by atoms with Crippen molar-refractivity contribution in [3.05, 3.63) is 51.1 Å². The molecule has 4 rings (SSSR count). The van der Waals surface area contributed by atoms with Gasteiger partial charge in [-0.1, -0.05) is 6.92 Å². The smallest absolute Gasteiger partial charge is 0.257 e. The van der Waals surface area contributed by atoms with Gasteiger partial charge in [0.25, 0.3) is 5.91 Å². The molecule has 0 aliphatic carbocycles. The van der Waals surface area contributed by atoms with E-state index in [9.17, 15) is 13.2 Å². The number of hydrogen-bond donors (Lipinski definition) is 1. The van der Waals surface area contributed by atoms with Crippen LogP contribution < -0.4 is 5.32 Å². The Bertz CT molecular complexity index is 1160. The Morgan fingerprint density at radius 1 is 1.23 bits per heavy atom. The maximum Gasteiger partial charge on any atom is 0.257 e. The molecule has 0 radical (unpaired) electrons. The normalized spacial score (nSPS) is 17.7. The molecule has 1 amide bonds. The third-order valence-electron chi connectivity index (χ3n) is 4.92. The van der Waals surface area contributed by atoms with Gasteiger partial charge in [-0.15, -0.1) is 22.7 Å². The third-order valence-corrected chi connectivity index (χ3v) is 9.21. The summed E-state index contributed by atoms with van der Waals surface area (Å²) in [6, 6.07) is 10.0. The number of benzene rings is 1. The minimum Gasteiger partial charge on any atom is -0.298 e. The number of thiazole rings is 1. The molecule has 10 heteroatoms. The van der Waals surface area contributed by atoms with Crippen LogP contribution in [0.1, 0.15) is 30.1 Å². The molecule has 6 nitrogen and oxygen atoms in total. The van der Waals surface area contributed by atoms with Crippen LogP contribution in [0.15, 0.2) is 50.5 Å². The van der Waals surface area contributed by atoms with Gasteiger partial charge in [0.15, 0.2) is 5.13 Å². The molecular weight excluding hydrogens is 506 g/mol. The fraction of sp³-hybridized carbons (Fsp3) is 0.300. The zero-order valence-electron chi connectivity index (χ0n) is 16.2. The van der Waals surface area contributed by atoms with Crippen LogP contribution in [0.25, 0.3) is 10.6 Å². The number of carbonyl (C=O) groups is 1. The Kier molecular flexibility index (Phi) is 6.40. The Hall–Kier alpha value is -1.59. The zero-order chi connectivity index (χ0) is 21.3. The highest BCUT2D eigenvalue weighted by Gasteiger charge is 2.28. The number of nitrogens with one attached hydrogen (secondary N) is 1. The molecule has 0 bridgehead atoms. The van der Waals surface area contributed by atoms with E-state index in [1.54, 1.807) is 23.5 Å². The predicted molar refractivity (Wildman–Crippen MR) is 125 cm³/mol.